The lowest BCUT2D eigenvalue weighted by atomic mass is 10.1. The van der Waals surface area contributed by atoms with Gasteiger partial charge in [0.1, 0.15) is 5.82 Å². The molecule has 0 atom stereocenters. The van der Waals surface area contributed by atoms with Crippen molar-refractivity contribution in [1.29, 1.82) is 0 Å². The molecule has 0 bridgehead atoms. The molecule has 0 spiro atoms. The molecule has 0 aliphatic carbocycles. The average Bonchev–Trinajstić information content (AvgIpc) is 3.17. The first-order valence-electron chi connectivity index (χ1n) is 8.36. The molecule has 0 aromatic carbocycles. The second-order valence-electron chi connectivity index (χ2n) is 6.55. The minimum atomic E-state index is -0.140. The zero-order valence-corrected chi connectivity index (χ0v) is 16.5. The number of amides is 1. The zero-order chi connectivity index (χ0) is 18.8. The molecule has 26 heavy (non-hydrogen) atoms. The van der Waals surface area contributed by atoms with E-state index >= 15 is 0 Å². The molecule has 3 rings (SSSR count). The second-order valence-corrected chi connectivity index (χ2v) is 7.46. The van der Waals surface area contributed by atoms with Crippen LogP contribution < -0.4 is 10.2 Å². The minimum Gasteiger partial charge on any atom is -0.362 e. The van der Waals surface area contributed by atoms with E-state index in [-0.39, 0.29) is 5.91 Å². The van der Waals surface area contributed by atoms with E-state index < -0.39 is 0 Å². The molecule has 7 heteroatoms. The Morgan fingerprint density at radius 1 is 1.31 bits per heavy atom. The maximum absolute atomic E-state index is 12.7. The molecular weight excluding hydrogens is 346 g/mol. The molecule has 0 saturated carbocycles. The van der Waals surface area contributed by atoms with Gasteiger partial charge in [0.25, 0.3) is 5.91 Å². The summed E-state index contributed by atoms with van der Waals surface area (Å²) in [6.45, 7) is 4.44. The number of thiophene rings is 1. The third-order valence-corrected chi connectivity index (χ3v) is 5.15. The first kappa shape index (κ1) is 18.1. The first-order chi connectivity index (χ1) is 12.3. The smallest absolute Gasteiger partial charge is 0.255 e. The van der Waals surface area contributed by atoms with Crippen molar-refractivity contribution in [3.63, 3.8) is 0 Å². The summed E-state index contributed by atoms with van der Waals surface area (Å²) in [5, 5.41) is 9.37. The van der Waals surface area contributed by atoms with Crippen LogP contribution in [0, 0.1) is 13.8 Å². The Balaban J connectivity index is 1.84. The quantitative estimate of drug-likeness (QED) is 0.750. The average molecular weight is 369 g/mol. The number of aromatic nitrogens is 3. The molecule has 0 fully saturated rings. The van der Waals surface area contributed by atoms with E-state index in [2.05, 4.69) is 28.8 Å². The SMILES string of the molecule is Cc1csc(-c2ccc(C(=O)NCc3cn(C)nc3C)c(N(C)C)n2)c1. The molecule has 136 valence electrons. The summed E-state index contributed by atoms with van der Waals surface area (Å²) >= 11 is 1.66. The summed E-state index contributed by atoms with van der Waals surface area (Å²) in [5.41, 5.74) is 4.58. The van der Waals surface area contributed by atoms with Gasteiger partial charge in [0.15, 0.2) is 0 Å². The summed E-state index contributed by atoms with van der Waals surface area (Å²) in [6, 6.07) is 5.86. The Labute approximate surface area is 157 Å². The van der Waals surface area contributed by atoms with Gasteiger partial charge in [-0.05, 0) is 43.0 Å². The Morgan fingerprint density at radius 2 is 2.08 bits per heavy atom. The molecule has 3 aromatic rings. The van der Waals surface area contributed by atoms with Crippen LogP contribution >= 0.6 is 11.3 Å². The van der Waals surface area contributed by atoms with Crippen LogP contribution in [-0.2, 0) is 13.6 Å². The van der Waals surface area contributed by atoms with Crippen molar-refractivity contribution in [2.75, 3.05) is 19.0 Å². The summed E-state index contributed by atoms with van der Waals surface area (Å²) in [5.74, 6) is 0.521. The van der Waals surface area contributed by atoms with E-state index in [1.165, 1.54) is 5.56 Å². The highest BCUT2D eigenvalue weighted by Crippen LogP contribution is 2.28. The number of nitrogens with zero attached hydrogens (tertiary/aromatic N) is 4. The largest absolute Gasteiger partial charge is 0.362 e. The predicted molar refractivity (Wildman–Crippen MR) is 106 cm³/mol. The number of pyridine rings is 1. The summed E-state index contributed by atoms with van der Waals surface area (Å²) < 4.78 is 1.75. The molecular formula is C19H23N5OS. The Bertz CT molecular complexity index is 941. The van der Waals surface area contributed by atoms with Gasteiger partial charge >= 0.3 is 0 Å². The van der Waals surface area contributed by atoms with Gasteiger partial charge in [-0.15, -0.1) is 11.3 Å². The van der Waals surface area contributed by atoms with Crippen LogP contribution in [0.1, 0.15) is 27.2 Å². The number of hydrogen-bond acceptors (Lipinski definition) is 5. The van der Waals surface area contributed by atoms with Crippen LogP contribution in [0.5, 0.6) is 0 Å². The van der Waals surface area contributed by atoms with E-state index in [1.807, 2.05) is 51.3 Å². The van der Waals surface area contributed by atoms with Crippen molar-refractivity contribution in [3.05, 3.63) is 52.2 Å². The Hall–Kier alpha value is -2.67. The van der Waals surface area contributed by atoms with Crippen molar-refractivity contribution >= 4 is 23.1 Å². The molecule has 6 nitrogen and oxygen atoms in total. The fraction of sp³-hybridized carbons (Fsp3) is 0.316. The fourth-order valence-corrected chi connectivity index (χ4v) is 3.63. The van der Waals surface area contributed by atoms with Crippen LogP contribution in [-0.4, -0.2) is 34.8 Å². The first-order valence-corrected chi connectivity index (χ1v) is 9.24. The monoisotopic (exact) mass is 369 g/mol. The maximum Gasteiger partial charge on any atom is 0.255 e. The van der Waals surface area contributed by atoms with Crippen molar-refractivity contribution < 1.29 is 4.79 Å². The minimum absolute atomic E-state index is 0.140. The van der Waals surface area contributed by atoms with Gasteiger partial charge in [0, 0.05) is 39.4 Å². The molecule has 3 aromatic heterocycles. The van der Waals surface area contributed by atoms with Crippen LogP contribution in [0.25, 0.3) is 10.6 Å². The number of rotatable bonds is 5. The van der Waals surface area contributed by atoms with Crippen molar-refractivity contribution in [2.45, 2.75) is 20.4 Å². The van der Waals surface area contributed by atoms with Crippen molar-refractivity contribution in [1.82, 2.24) is 20.1 Å². The molecule has 1 N–H and O–H groups in total. The number of hydrogen-bond donors (Lipinski definition) is 1. The maximum atomic E-state index is 12.7. The molecule has 0 saturated heterocycles. The van der Waals surface area contributed by atoms with Gasteiger partial charge in [-0.25, -0.2) is 4.98 Å². The lowest BCUT2D eigenvalue weighted by Crippen LogP contribution is -2.26. The van der Waals surface area contributed by atoms with E-state index in [9.17, 15) is 4.79 Å². The number of anilines is 1. The van der Waals surface area contributed by atoms with Gasteiger partial charge < -0.3 is 10.2 Å². The highest BCUT2D eigenvalue weighted by molar-refractivity contribution is 7.13. The van der Waals surface area contributed by atoms with E-state index in [1.54, 1.807) is 16.0 Å². The number of carbonyl (C=O) groups is 1. The van der Waals surface area contributed by atoms with Crippen molar-refractivity contribution in [3.8, 4) is 10.6 Å². The van der Waals surface area contributed by atoms with Gasteiger partial charge in [-0.2, -0.15) is 5.10 Å². The molecule has 0 aliphatic heterocycles. The number of nitrogens with one attached hydrogen (secondary N) is 1. The van der Waals surface area contributed by atoms with Gasteiger partial charge in [0.05, 0.1) is 21.8 Å². The number of carbonyl (C=O) groups excluding carboxylic acids is 1. The lowest BCUT2D eigenvalue weighted by molar-refractivity contribution is 0.0951. The molecule has 3 heterocycles. The molecule has 0 aliphatic rings. The van der Waals surface area contributed by atoms with Crippen LogP contribution in [0.4, 0.5) is 5.82 Å². The predicted octanol–water partition coefficient (Wildman–Crippen LogP) is 3.16. The van der Waals surface area contributed by atoms with E-state index in [0.717, 1.165) is 21.8 Å². The highest BCUT2D eigenvalue weighted by Gasteiger charge is 2.17. The molecule has 1 amide bonds. The van der Waals surface area contributed by atoms with Crippen LogP contribution in [0.3, 0.4) is 0 Å². The van der Waals surface area contributed by atoms with Gasteiger partial charge in [0.2, 0.25) is 0 Å². The Kier molecular flexibility index (Phi) is 5.08. The van der Waals surface area contributed by atoms with E-state index in [0.29, 0.717) is 17.9 Å². The molecule has 0 radical (unpaired) electrons. The van der Waals surface area contributed by atoms with Gasteiger partial charge in [-0.3, -0.25) is 9.48 Å². The molecule has 0 unspecified atom stereocenters. The number of aryl methyl sites for hydroxylation is 3. The third-order valence-electron chi connectivity index (χ3n) is 4.08. The van der Waals surface area contributed by atoms with Crippen molar-refractivity contribution in [2.24, 2.45) is 7.05 Å². The fourth-order valence-electron chi connectivity index (χ4n) is 2.76. The summed E-state index contributed by atoms with van der Waals surface area (Å²) in [4.78, 5) is 20.4. The highest BCUT2D eigenvalue weighted by atomic mass is 32.1. The summed E-state index contributed by atoms with van der Waals surface area (Å²) in [6.07, 6.45) is 1.92. The normalized spacial score (nSPS) is 10.8. The summed E-state index contributed by atoms with van der Waals surface area (Å²) in [7, 11) is 5.67. The lowest BCUT2D eigenvalue weighted by Gasteiger charge is -2.17. The second kappa shape index (κ2) is 7.29. The third kappa shape index (κ3) is 3.77. The Morgan fingerprint density at radius 3 is 2.65 bits per heavy atom. The zero-order valence-electron chi connectivity index (χ0n) is 15.7. The van der Waals surface area contributed by atoms with Crippen LogP contribution in [0.2, 0.25) is 0 Å². The van der Waals surface area contributed by atoms with Gasteiger partial charge in [-0.1, -0.05) is 0 Å². The topological polar surface area (TPSA) is 63.1 Å². The van der Waals surface area contributed by atoms with Crippen LogP contribution in [0.15, 0.2) is 29.8 Å². The standard InChI is InChI=1S/C19H23N5OS/c1-12-8-17(26-11-12)16-7-6-15(18(21-16)23(3)4)19(25)20-9-14-10-24(5)22-13(14)2/h6-8,10-11H,9H2,1-5H3,(H,20,25). The van der Waals surface area contributed by atoms with E-state index in [4.69, 9.17) is 4.98 Å².